The minimum Gasteiger partial charge on any atom is -0.268 e. The number of hydrogen-bond acceptors (Lipinski definition) is 2. The molecule has 96 valence electrons. The summed E-state index contributed by atoms with van der Waals surface area (Å²) in [6.07, 6.45) is 0. The molecular formula is C8H18Cl4N2Si2. The zero-order valence-electron chi connectivity index (χ0n) is 10.4. The Morgan fingerprint density at radius 3 is 0.938 bits per heavy atom. The molecule has 0 radical (unpaired) electrons. The third-order valence-corrected chi connectivity index (χ3v) is 18.6. The molecular weight excluding hydrogens is 322 g/mol. The summed E-state index contributed by atoms with van der Waals surface area (Å²) in [7, 11) is -5.41. The van der Waals surface area contributed by atoms with Gasteiger partial charge in [0.15, 0.2) is 0 Å². The second kappa shape index (κ2) is 4.00. The molecule has 8 heteroatoms. The summed E-state index contributed by atoms with van der Waals surface area (Å²) >= 11 is 26.0. The fourth-order valence-electron chi connectivity index (χ4n) is 2.09. The third-order valence-electron chi connectivity index (χ3n) is 2.42. The van der Waals surface area contributed by atoms with Crippen LogP contribution in [-0.2, 0) is 0 Å². The number of halogens is 4. The molecule has 16 heavy (non-hydrogen) atoms. The van der Waals surface area contributed by atoms with E-state index in [1.165, 1.54) is 0 Å². The van der Waals surface area contributed by atoms with Crippen LogP contribution in [-0.4, -0.2) is 33.6 Å². The van der Waals surface area contributed by atoms with Crippen LogP contribution in [0.1, 0.15) is 41.5 Å². The molecule has 1 rings (SSSR count). The highest BCUT2D eigenvalue weighted by Crippen LogP contribution is 2.55. The van der Waals surface area contributed by atoms with Gasteiger partial charge in [-0.1, -0.05) is 0 Å². The molecule has 0 aromatic carbocycles. The topological polar surface area (TPSA) is 6.48 Å². The van der Waals surface area contributed by atoms with E-state index in [-0.39, 0.29) is 11.1 Å². The molecule has 0 atom stereocenters. The van der Waals surface area contributed by atoms with Gasteiger partial charge >= 0.3 is 14.0 Å². The van der Waals surface area contributed by atoms with Crippen LogP contribution in [0.4, 0.5) is 0 Å². The van der Waals surface area contributed by atoms with E-state index in [9.17, 15) is 0 Å². The Labute approximate surface area is 119 Å². The second-order valence-corrected chi connectivity index (χ2v) is 18.2. The van der Waals surface area contributed by atoms with Crippen molar-refractivity contribution in [3.63, 3.8) is 0 Å². The predicted molar refractivity (Wildman–Crippen MR) is 78.1 cm³/mol. The van der Waals surface area contributed by atoms with Gasteiger partial charge in [-0.3, -0.25) is 8.46 Å². The quantitative estimate of drug-likeness (QED) is 0.485. The van der Waals surface area contributed by atoms with Gasteiger partial charge in [0.25, 0.3) is 0 Å². The molecule has 0 N–H and O–H groups in total. The molecule has 0 unspecified atom stereocenters. The Bertz CT molecular complexity index is 253. The lowest BCUT2D eigenvalue weighted by molar-refractivity contribution is 0.227. The molecule has 1 fully saturated rings. The van der Waals surface area contributed by atoms with Crippen LogP contribution in [0.3, 0.4) is 0 Å². The second-order valence-electron chi connectivity index (χ2n) is 6.03. The van der Waals surface area contributed by atoms with Crippen LogP contribution in [0.25, 0.3) is 0 Å². The van der Waals surface area contributed by atoms with Crippen LogP contribution in [0.2, 0.25) is 0 Å². The number of nitrogens with zero attached hydrogens (tertiary/aromatic N) is 2. The maximum absolute atomic E-state index is 6.51. The fraction of sp³-hybridized carbons (Fsp3) is 1.00. The monoisotopic (exact) mass is 338 g/mol. The Kier molecular flexibility index (Phi) is 3.89. The number of hydrogen-bond donors (Lipinski definition) is 0. The first kappa shape index (κ1) is 15.6. The van der Waals surface area contributed by atoms with Gasteiger partial charge in [-0.25, -0.2) is 0 Å². The van der Waals surface area contributed by atoms with E-state index in [1.54, 1.807) is 0 Å². The van der Waals surface area contributed by atoms with Gasteiger partial charge < -0.3 is 0 Å². The lowest BCUT2D eigenvalue weighted by Crippen LogP contribution is -2.91. The van der Waals surface area contributed by atoms with Crippen LogP contribution in [0, 0.1) is 0 Å². The summed E-state index contributed by atoms with van der Waals surface area (Å²) < 4.78 is 3.90. The smallest absolute Gasteiger partial charge is 0.268 e. The number of rotatable bonds is 0. The fourth-order valence-corrected chi connectivity index (χ4v) is 26.9. The van der Waals surface area contributed by atoms with Crippen molar-refractivity contribution in [2.75, 3.05) is 0 Å². The zero-order valence-corrected chi connectivity index (χ0v) is 15.4. The van der Waals surface area contributed by atoms with Gasteiger partial charge in [-0.15, -0.1) is 44.3 Å². The minimum absolute atomic E-state index is 0.201. The van der Waals surface area contributed by atoms with Crippen LogP contribution < -0.4 is 0 Å². The highest BCUT2D eigenvalue weighted by Gasteiger charge is 2.76. The Balaban J connectivity index is 3.15. The zero-order chi connectivity index (χ0) is 13.2. The molecule has 0 bridgehead atoms. The highest BCUT2D eigenvalue weighted by atomic mass is 35.7. The average Bonchev–Trinajstić information content (AvgIpc) is 1.69. The lowest BCUT2D eigenvalue weighted by atomic mass is 10.1. The van der Waals surface area contributed by atoms with Gasteiger partial charge in [-0.2, -0.15) is 0 Å². The molecule has 1 heterocycles. The first-order chi connectivity index (χ1) is 6.73. The molecule has 0 aromatic rings. The van der Waals surface area contributed by atoms with E-state index < -0.39 is 14.0 Å². The summed E-state index contributed by atoms with van der Waals surface area (Å²) in [6.45, 7) is 12.2. The summed E-state index contributed by atoms with van der Waals surface area (Å²) in [5.41, 5.74) is -0.402. The van der Waals surface area contributed by atoms with Crippen molar-refractivity contribution in [2.45, 2.75) is 52.6 Å². The van der Waals surface area contributed by atoms with Crippen molar-refractivity contribution in [1.29, 1.82) is 0 Å². The summed E-state index contributed by atoms with van der Waals surface area (Å²) in [4.78, 5) is 0. The van der Waals surface area contributed by atoms with Crippen molar-refractivity contribution in [2.24, 2.45) is 0 Å². The molecule has 1 aliphatic heterocycles. The molecule has 2 nitrogen and oxygen atoms in total. The van der Waals surface area contributed by atoms with Crippen LogP contribution in [0.5, 0.6) is 0 Å². The molecule has 0 saturated carbocycles. The Hall–Kier alpha value is 1.51. The molecule has 1 saturated heterocycles. The first-order valence-corrected chi connectivity index (χ1v) is 12.9. The molecule has 0 amide bonds. The van der Waals surface area contributed by atoms with Gasteiger partial charge in [0.2, 0.25) is 0 Å². The molecule has 1 aliphatic rings. The SMILES string of the molecule is CC(C)(C)N1[Si](Cl)(Cl)N(C(C)(C)C)[Si]1(Cl)Cl. The summed E-state index contributed by atoms with van der Waals surface area (Å²) in [5, 5.41) is 0. The minimum atomic E-state index is -2.71. The molecule has 0 aliphatic carbocycles. The molecule has 0 aromatic heterocycles. The van der Waals surface area contributed by atoms with E-state index in [2.05, 4.69) is 0 Å². The summed E-state index contributed by atoms with van der Waals surface area (Å²) in [6, 6.07) is 0. The van der Waals surface area contributed by atoms with E-state index in [1.807, 2.05) is 50.0 Å². The van der Waals surface area contributed by atoms with Crippen molar-refractivity contribution < 1.29 is 0 Å². The average molecular weight is 340 g/mol. The van der Waals surface area contributed by atoms with Crippen molar-refractivity contribution in [3.8, 4) is 0 Å². The van der Waals surface area contributed by atoms with Gasteiger partial charge in [-0.05, 0) is 41.5 Å². The van der Waals surface area contributed by atoms with E-state index in [0.29, 0.717) is 0 Å². The van der Waals surface area contributed by atoms with Gasteiger partial charge in [0.05, 0.1) is 0 Å². The normalized spacial score (nSPS) is 26.6. The summed E-state index contributed by atoms with van der Waals surface area (Å²) in [5.74, 6) is 0. The van der Waals surface area contributed by atoms with Gasteiger partial charge in [0, 0.05) is 11.1 Å². The predicted octanol–water partition coefficient (Wildman–Crippen LogP) is 4.03. The van der Waals surface area contributed by atoms with Gasteiger partial charge in [0.1, 0.15) is 0 Å². The van der Waals surface area contributed by atoms with E-state index >= 15 is 0 Å². The van der Waals surface area contributed by atoms with Crippen molar-refractivity contribution in [1.82, 2.24) is 8.46 Å². The Morgan fingerprint density at radius 2 is 0.812 bits per heavy atom. The molecule has 0 spiro atoms. The van der Waals surface area contributed by atoms with Crippen molar-refractivity contribution in [3.05, 3.63) is 0 Å². The lowest BCUT2D eigenvalue weighted by Gasteiger charge is -2.67. The highest BCUT2D eigenvalue weighted by molar-refractivity contribution is 7.62. The Morgan fingerprint density at radius 1 is 0.625 bits per heavy atom. The van der Waals surface area contributed by atoms with Crippen LogP contribution >= 0.6 is 44.3 Å². The van der Waals surface area contributed by atoms with Crippen LogP contribution in [0.15, 0.2) is 0 Å². The van der Waals surface area contributed by atoms with E-state index in [4.69, 9.17) is 44.3 Å². The maximum Gasteiger partial charge on any atom is 0.401 e. The van der Waals surface area contributed by atoms with E-state index in [0.717, 1.165) is 0 Å². The third kappa shape index (κ3) is 2.32. The largest absolute Gasteiger partial charge is 0.401 e. The maximum atomic E-state index is 6.51. The first-order valence-electron chi connectivity index (χ1n) is 5.10. The van der Waals surface area contributed by atoms with Crippen molar-refractivity contribution >= 4 is 58.3 Å². The standard InChI is InChI=1S/C8H18Cl4N2Si2/c1-7(2,3)13-15(9,10)14(8(4,5)6)16(13,11)12/h1-6H3.